The zero-order valence-electron chi connectivity index (χ0n) is 19.3. The lowest BCUT2D eigenvalue weighted by atomic mass is 10.1. The fourth-order valence-electron chi connectivity index (χ4n) is 3.79. The number of nitro groups is 1. The summed E-state index contributed by atoms with van der Waals surface area (Å²) in [4.78, 5) is 38.2. The van der Waals surface area contributed by atoms with Gasteiger partial charge in [-0.1, -0.05) is 54.6 Å². The van der Waals surface area contributed by atoms with Crippen molar-refractivity contribution in [2.24, 2.45) is 7.05 Å². The molecular formula is C27H23N3O5. The molecule has 0 N–H and O–H groups in total. The lowest BCUT2D eigenvalue weighted by molar-refractivity contribution is -0.385. The minimum atomic E-state index is -0.516. The van der Waals surface area contributed by atoms with Crippen LogP contribution in [0.2, 0.25) is 0 Å². The van der Waals surface area contributed by atoms with Gasteiger partial charge in [0.1, 0.15) is 16.4 Å². The summed E-state index contributed by atoms with van der Waals surface area (Å²) >= 11 is 0. The molecule has 35 heavy (non-hydrogen) atoms. The van der Waals surface area contributed by atoms with E-state index in [2.05, 4.69) is 0 Å². The van der Waals surface area contributed by atoms with Crippen LogP contribution in [0.1, 0.15) is 16.7 Å². The van der Waals surface area contributed by atoms with Gasteiger partial charge >= 0.3 is 0 Å². The summed E-state index contributed by atoms with van der Waals surface area (Å²) < 4.78 is 7.83. The van der Waals surface area contributed by atoms with Crippen LogP contribution in [-0.4, -0.2) is 21.2 Å². The van der Waals surface area contributed by atoms with Gasteiger partial charge in [-0.05, 0) is 41.5 Å². The van der Waals surface area contributed by atoms with Gasteiger partial charge in [-0.3, -0.25) is 24.3 Å². The third-order valence-corrected chi connectivity index (χ3v) is 5.67. The molecule has 1 aromatic heterocycles. The Hall–Kier alpha value is -4.72. The largest absolute Gasteiger partial charge is 0.497 e. The number of benzene rings is 3. The van der Waals surface area contributed by atoms with Crippen LogP contribution in [0.4, 0.5) is 5.69 Å². The predicted molar refractivity (Wildman–Crippen MR) is 134 cm³/mol. The van der Waals surface area contributed by atoms with Crippen molar-refractivity contribution in [1.29, 1.82) is 0 Å². The highest BCUT2D eigenvalue weighted by molar-refractivity contribution is 5.60. The van der Waals surface area contributed by atoms with E-state index in [1.807, 2.05) is 30.3 Å². The van der Waals surface area contributed by atoms with Gasteiger partial charge in [0, 0.05) is 13.1 Å². The van der Waals surface area contributed by atoms with E-state index in [1.54, 1.807) is 55.7 Å². The molecule has 0 amide bonds. The Kier molecular flexibility index (Phi) is 6.73. The highest BCUT2D eigenvalue weighted by atomic mass is 16.6. The van der Waals surface area contributed by atoms with Gasteiger partial charge < -0.3 is 9.30 Å². The second kappa shape index (κ2) is 10.0. The molecule has 8 heteroatoms. The van der Waals surface area contributed by atoms with E-state index >= 15 is 0 Å². The first-order valence-corrected chi connectivity index (χ1v) is 10.8. The summed E-state index contributed by atoms with van der Waals surface area (Å²) in [5.74, 6) is 0.672. The van der Waals surface area contributed by atoms with Crippen LogP contribution in [0.5, 0.6) is 5.75 Å². The summed E-state index contributed by atoms with van der Waals surface area (Å²) in [5, 5.41) is 11.7. The number of rotatable bonds is 6. The predicted octanol–water partition coefficient (Wildman–Crippen LogP) is 2.17. The summed E-state index contributed by atoms with van der Waals surface area (Å²) in [6.45, 7) is 0.162. The van der Waals surface area contributed by atoms with Gasteiger partial charge in [0.05, 0.1) is 24.1 Å². The van der Waals surface area contributed by atoms with Crippen LogP contribution in [0.25, 0.3) is 12.2 Å². The number of para-hydroxylation sites is 1. The first-order valence-electron chi connectivity index (χ1n) is 10.8. The van der Waals surface area contributed by atoms with E-state index in [0.29, 0.717) is 5.75 Å². The Morgan fingerprint density at radius 2 is 1.51 bits per heavy atom. The molecule has 176 valence electrons. The van der Waals surface area contributed by atoms with E-state index in [1.165, 1.54) is 28.3 Å². The summed E-state index contributed by atoms with van der Waals surface area (Å²) in [5.41, 5.74) is 0.809. The molecule has 3 aromatic carbocycles. The van der Waals surface area contributed by atoms with E-state index in [4.69, 9.17) is 4.74 Å². The molecule has 4 aromatic rings. The third kappa shape index (κ3) is 4.96. The van der Waals surface area contributed by atoms with E-state index in [-0.39, 0.29) is 28.5 Å². The van der Waals surface area contributed by atoms with Gasteiger partial charge in [0.2, 0.25) is 0 Å². The highest BCUT2D eigenvalue weighted by Gasteiger charge is 2.14. The average molecular weight is 469 g/mol. The van der Waals surface area contributed by atoms with Crippen LogP contribution < -0.4 is 26.6 Å². The maximum Gasteiger partial charge on any atom is 0.276 e. The van der Waals surface area contributed by atoms with Gasteiger partial charge in [-0.25, -0.2) is 0 Å². The maximum atomic E-state index is 13.7. The van der Waals surface area contributed by atoms with Crippen LogP contribution in [0.3, 0.4) is 0 Å². The van der Waals surface area contributed by atoms with Gasteiger partial charge in [0.25, 0.3) is 16.8 Å². The average Bonchev–Trinajstić information content (AvgIpc) is 2.88. The third-order valence-electron chi connectivity index (χ3n) is 5.67. The summed E-state index contributed by atoms with van der Waals surface area (Å²) in [6, 6.07) is 22.5. The zero-order valence-corrected chi connectivity index (χ0v) is 19.3. The zero-order chi connectivity index (χ0) is 24.9. The van der Waals surface area contributed by atoms with Crippen molar-refractivity contribution in [3.05, 3.63) is 137 Å². The van der Waals surface area contributed by atoms with Crippen molar-refractivity contribution < 1.29 is 9.66 Å². The number of hydrogen-bond donors (Lipinski definition) is 0. The van der Waals surface area contributed by atoms with Gasteiger partial charge in [-0.15, -0.1) is 0 Å². The molecule has 0 bridgehead atoms. The second-order valence-electron chi connectivity index (χ2n) is 7.89. The fraction of sp³-hybridized carbons (Fsp3) is 0.111. The molecule has 0 aliphatic heterocycles. The molecule has 0 saturated heterocycles. The number of nitro benzene ring substituents is 1. The normalized spacial score (nSPS) is 12.1. The molecule has 0 aliphatic rings. The molecule has 0 saturated carbocycles. The van der Waals surface area contributed by atoms with Crippen molar-refractivity contribution in [1.82, 2.24) is 9.13 Å². The van der Waals surface area contributed by atoms with Gasteiger partial charge in [0.15, 0.2) is 0 Å². The van der Waals surface area contributed by atoms with Crippen LogP contribution in [0.15, 0.2) is 88.5 Å². The summed E-state index contributed by atoms with van der Waals surface area (Å²) in [6.07, 6.45) is 3.04. The molecule has 0 fully saturated rings. The van der Waals surface area contributed by atoms with Crippen molar-refractivity contribution in [2.75, 3.05) is 7.11 Å². The monoisotopic (exact) mass is 469 g/mol. The highest BCUT2D eigenvalue weighted by Crippen LogP contribution is 2.17. The van der Waals surface area contributed by atoms with Crippen LogP contribution >= 0.6 is 0 Å². The topological polar surface area (TPSA) is 96.4 Å². The number of hydrogen-bond acceptors (Lipinski definition) is 5. The number of aromatic nitrogens is 2. The fourth-order valence-corrected chi connectivity index (χ4v) is 3.79. The quantitative estimate of drug-likeness (QED) is 0.319. The Bertz CT molecular complexity index is 1620. The SMILES string of the molecule is COc1ccc(/C=c2/c(=O)n(C)/c(=C\c3ccccc3[N+](=O)[O-])c(=O)n2Cc2ccccc2)cc1. The molecule has 1 heterocycles. The number of nitrogens with zero attached hydrogens (tertiary/aromatic N) is 3. The first kappa shape index (κ1) is 23.4. The molecule has 0 unspecified atom stereocenters. The second-order valence-corrected chi connectivity index (χ2v) is 7.89. The minimum Gasteiger partial charge on any atom is -0.497 e. The van der Waals surface area contributed by atoms with E-state index in [0.717, 1.165) is 11.1 Å². The molecular weight excluding hydrogens is 446 g/mol. The van der Waals surface area contributed by atoms with Crippen LogP contribution in [0, 0.1) is 10.1 Å². The van der Waals surface area contributed by atoms with Crippen LogP contribution in [-0.2, 0) is 13.6 Å². The van der Waals surface area contributed by atoms with Crippen molar-refractivity contribution >= 4 is 17.8 Å². The van der Waals surface area contributed by atoms with E-state index < -0.39 is 16.0 Å². The Morgan fingerprint density at radius 3 is 2.17 bits per heavy atom. The van der Waals surface area contributed by atoms with Crippen molar-refractivity contribution in [3.8, 4) is 5.75 Å². The Labute approximate surface area is 200 Å². The number of methoxy groups -OCH3 is 1. The first-order chi connectivity index (χ1) is 16.9. The maximum absolute atomic E-state index is 13.7. The van der Waals surface area contributed by atoms with E-state index in [9.17, 15) is 19.7 Å². The Morgan fingerprint density at radius 1 is 0.857 bits per heavy atom. The smallest absolute Gasteiger partial charge is 0.276 e. The lowest BCUT2D eigenvalue weighted by Gasteiger charge is -2.11. The standard InChI is InChI=1S/C27H23N3O5/c1-28-24(17-21-10-6-7-11-23(21)30(33)34)27(32)29(18-20-8-4-3-5-9-20)25(26(28)31)16-19-12-14-22(35-2)15-13-19/h3-17H,18H2,1-2H3/b24-17-,25-16-. The molecule has 8 nitrogen and oxygen atoms in total. The molecule has 4 rings (SSSR count). The Balaban J connectivity index is 2.03. The van der Waals surface area contributed by atoms with Crippen molar-refractivity contribution in [2.45, 2.75) is 6.54 Å². The van der Waals surface area contributed by atoms with Crippen molar-refractivity contribution in [3.63, 3.8) is 0 Å². The molecule has 0 radical (unpaired) electrons. The summed E-state index contributed by atoms with van der Waals surface area (Å²) in [7, 11) is 3.06. The minimum absolute atomic E-state index is 0.0483. The molecule has 0 aliphatic carbocycles. The molecule has 0 atom stereocenters. The lowest BCUT2D eigenvalue weighted by Crippen LogP contribution is -2.57. The number of ether oxygens (including phenoxy) is 1. The van der Waals surface area contributed by atoms with Gasteiger partial charge in [-0.2, -0.15) is 0 Å². The molecule has 0 spiro atoms.